The van der Waals surface area contributed by atoms with Crippen molar-refractivity contribution < 1.29 is 4.94 Å². The van der Waals surface area contributed by atoms with Gasteiger partial charge in [0.15, 0.2) is 0 Å². The molecule has 56 heavy (non-hydrogen) atoms. The van der Waals surface area contributed by atoms with E-state index in [-0.39, 0.29) is 6.04 Å². The number of benzene rings is 7. The third-order valence-corrected chi connectivity index (χ3v) is 11.1. The Bertz CT molecular complexity index is 2790. The van der Waals surface area contributed by atoms with Gasteiger partial charge in [-0.3, -0.25) is 4.57 Å². The first-order valence-electron chi connectivity index (χ1n) is 19.2. The van der Waals surface area contributed by atoms with Gasteiger partial charge in [-0.1, -0.05) is 146 Å². The second-order valence-electron chi connectivity index (χ2n) is 14.7. The second-order valence-corrected chi connectivity index (χ2v) is 14.7. The Labute approximate surface area is 327 Å². The van der Waals surface area contributed by atoms with Crippen molar-refractivity contribution in [3.05, 3.63) is 223 Å². The molecular weight excluding hydrogens is 685 g/mol. The molecule has 0 atom stereocenters. The molecule has 1 aliphatic rings. The lowest BCUT2D eigenvalue weighted by atomic mass is 9.65. The Morgan fingerprint density at radius 2 is 1.09 bits per heavy atom. The predicted octanol–water partition coefficient (Wildman–Crippen LogP) is 12.4. The van der Waals surface area contributed by atoms with Crippen LogP contribution in [0.4, 0.5) is 17.1 Å². The zero-order valence-corrected chi connectivity index (χ0v) is 31.3. The molecule has 3 heterocycles. The van der Waals surface area contributed by atoms with Gasteiger partial charge in [0.1, 0.15) is 5.82 Å². The largest absolute Gasteiger partial charge is 0.294 e. The molecule has 10 rings (SSSR count). The van der Waals surface area contributed by atoms with E-state index in [0.717, 1.165) is 56.2 Å². The van der Waals surface area contributed by atoms with Crippen molar-refractivity contribution in [1.82, 2.24) is 9.55 Å². The fourth-order valence-corrected chi connectivity index (χ4v) is 8.60. The molecule has 0 unspecified atom stereocenters. The van der Waals surface area contributed by atoms with E-state index in [9.17, 15) is 0 Å². The number of hydroxylamine groups is 1. The number of rotatable bonds is 8. The van der Waals surface area contributed by atoms with E-state index in [4.69, 9.17) is 9.92 Å². The molecule has 270 valence electrons. The third kappa shape index (κ3) is 5.39. The maximum absolute atomic E-state index is 6.62. The van der Waals surface area contributed by atoms with Gasteiger partial charge >= 0.3 is 0 Å². The highest BCUT2D eigenvalue weighted by molar-refractivity contribution is 6.09. The van der Waals surface area contributed by atoms with Gasteiger partial charge in [0.2, 0.25) is 0 Å². The monoisotopic (exact) mass is 724 g/mol. The molecule has 0 saturated carbocycles. The second kappa shape index (κ2) is 13.7. The minimum Gasteiger partial charge on any atom is -0.294 e. The Hall–Kier alpha value is -6.95. The summed E-state index contributed by atoms with van der Waals surface area (Å²) in [5.74, 6) is 0.876. The fourth-order valence-electron chi connectivity index (χ4n) is 8.60. The van der Waals surface area contributed by atoms with Gasteiger partial charge in [-0.2, -0.15) is 5.06 Å². The molecule has 5 heteroatoms. The van der Waals surface area contributed by atoms with E-state index in [2.05, 4.69) is 213 Å². The maximum Gasteiger partial charge on any atom is 0.138 e. The molecular formula is C51H40N4O. The minimum atomic E-state index is -0.704. The maximum atomic E-state index is 6.62. The summed E-state index contributed by atoms with van der Waals surface area (Å²) >= 11 is 0. The van der Waals surface area contributed by atoms with Crippen molar-refractivity contribution in [2.45, 2.75) is 25.3 Å². The average molecular weight is 725 g/mol. The number of aromatic nitrogens is 2. The van der Waals surface area contributed by atoms with Gasteiger partial charge in [-0.05, 0) is 95.8 Å². The number of para-hydroxylation sites is 3. The molecule has 1 aliphatic heterocycles. The predicted molar refractivity (Wildman–Crippen MR) is 230 cm³/mol. The van der Waals surface area contributed by atoms with Crippen LogP contribution in [-0.2, 0) is 10.4 Å². The Morgan fingerprint density at radius 1 is 0.482 bits per heavy atom. The molecule has 0 bridgehead atoms. The van der Waals surface area contributed by atoms with Crippen LogP contribution in [0.3, 0.4) is 0 Å². The molecule has 0 aliphatic carbocycles. The van der Waals surface area contributed by atoms with E-state index < -0.39 is 5.41 Å². The zero-order chi connectivity index (χ0) is 37.6. The van der Waals surface area contributed by atoms with E-state index in [0.29, 0.717) is 0 Å². The number of hydrogen-bond donors (Lipinski definition) is 0. The summed E-state index contributed by atoms with van der Waals surface area (Å²) in [6.45, 7) is 4.30. The molecule has 0 saturated heterocycles. The van der Waals surface area contributed by atoms with Crippen LogP contribution in [0.25, 0.3) is 38.8 Å². The smallest absolute Gasteiger partial charge is 0.138 e. The van der Waals surface area contributed by atoms with Crippen molar-refractivity contribution >= 4 is 38.9 Å². The number of fused-ring (bicyclic) bond motifs is 4. The highest BCUT2D eigenvalue weighted by Crippen LogP contribution is 2.49. The van der Waals surface area contributed by atoms with Crippen LogP contribution in [0.1, 0.15) is 36.1 Å². The normalized spacial score (nSPS) is 12.8. The quantitative estimate of drug-likeness (QED) is 0.146. The van der Waals surface area contributed by atoms with Crippen molar-refractivity contribution in [3.63, 3.8) is 0 Å². The molecule has 7 aromatic carbocycles. The lowest BCUT2D eigenvalue weighted by Crippen LogP contribution is -2.32. The molecule has 5 nitrogen and oxygen atoms in total. The highest BCUT2D eigenvalue weighted by Gasteiger charge is 2.40. The SMILES string of the molecule is CC(C)N1ON(c2cccc(C(c3ccccc3)(c3ccccc3)c3ccc4c5ccccc5n(-c5cc(-c6ccccc6)ccn5)c4c3)c2)c2ccccc21. The van der Waals surface area contributed by atoms with Crippen molar-refractivity contribution in [1.29, 1.82) is 0 Å². The van der Waals surface area contributed by atoms with Crippen LogP contribution < -0.4 is 10.1 Å². The van der Waals surface area contributed by atoms with Gasteiger partial charge in [-0.25, -0.2) is 10.0 Å². The first-order valence-corrected chi connectivity index (χ1v) is 19.2. The third-order valence-electron chi connectivity index (χ3n) is 11.1. The highest BCUT2D eigenvalue weighted by atomic mass is 16.8. The topological polar surface area (TPSA) is 33.5 Å². The standard InChI is InChI=1S/C51H40N4O/c1-36(2)54-47-27-14-15-28-48(47)55(56-54)43-24-16-23-41(34-43)51(39-19-8-4-9-20-39,40-21-10-5-11-22-40)42-29-30-45-44-25-12-13-26-46(44)53(49(45)35-42)50-33-38(31-32-52-50)37-17-6-3-7-18-37/h3-36H,1-2H3. The molecule has 9 aromatic rings. The Kier molecular flexibility index (Phi) is 8.23. The van der Waals surface area contributed by atoms with Crippen LogP contribution in [0.2, 0.25) is 0 Å². The van der Waals surface area contributed by atoms with Crippen LogP contribution >= 0.6 is 0 Å². The zero-order valence-electron chi connectivity index (χ0n) is 31.3. The van der Waals surface area contributed by atoms with E-state index in [1.165, 1.54) is 21.9 Å². The summed E-state index contributed by atoms with van der Waals surface area (Å²) < 4.78 is 2.33. The first-order chi connectivity index (χ1) is 27.6. The molecule has 0 amide bonds. The summed E-state index contributed by atoms with van der Waals surface area (Å²) in [7, 11) is 0. The lowest BCUT2D eigenvalue weighted by Gasteiger charge is -2.37. The summed E-state index contributed by atoms with van der Waals surface area (Å²) in [6.07, 6.45) is 1.92. The molecule has 0 spiro atoms. The minimum absolute atomic E-state index is 0.151. The summed E-state index contributed by atoms with van der Waals surface area (Å²) in [6, 6.07) is 69.6. The Balaban J connectivity index is 1.24. The van der Waals surface area contributed by atoms with Gasteiger partial charge in [0, 0.05) is 17.0 Å². The van der Waals surface area contributed by atoms with Gasteiger partial charge in [-0.15, -0.1) is 4.94 Å². The number of nitrogens with zero attached hydrogens (tertiary/aromatic N) is 4. The number of anilines is 3. The van der Waals surface area contributed by atoms with Crippen LogP contribution in [0.15, 0.2) is 200 Å². The summed E-state index contributed by atoms with van der Waals surface area (Å²) in [5, 5.41) is 6.31. The number of pyridine rings is 1. The van der Waals surface area contributed by atoms with Crippen LogP contribution in [0, 0.1) is 0 Å². The molecule has 0 radical (unpaired) electrons. The summed E-state index contributed by atoms with van der Waals surface area (Å²) in [5.41, 5.74) is 11.4. The molecule has 0 N–H and O–H groups in total. The summed E-state index contributed by atoms with van der Waals surface area (Å²) in [4.78, 5) is 11.6. The molecule has 2 aromatic heterocycles. The van der Waals surface area contributed by atoms with E-state index in [1.54, 1.807) is 0 Å². The van der Waals surface area contributed by atoms with E-state index in [1.807, 2.05) is 16.3 Å². The fraction of sp³-hybridized carbons (Fsp3) is 0.0784. The van der Waals surface area contributed by atoms with Gasteiger partial charge < -0.3 is 0 Å². The van der Waals surface area contributed by atoms with E-state index >= 15 is 0 Å². The van der Waals surface area contributed by atoms with Crippen molar-refractivity contribution in [3.8, 4) is 16.9 Å². The molecule has 0 fully saturated rings. The first kappa shape index (κ1) is 33.6. The lowest BCUT2D eigenvalue weighted by molar-refractivity contribution is 0.112. The average Bonchev–Trinajstić information content (AvgIpc) is 3.82. The van der Waals surface area contributed by atoms with Crippen LogP contribution in [-0.4, -0.2) is 15.6 Å². The van der Waals surface area contributed by atoms with Crippen molar-refractivity contribution in [2.24, 2.45) is 0 Å². The van der Waals surface area contributed by atoms with Gasteiger partial charge in [0.05, 0.1) is 39.6 Å². The van der Waals surface area contributed by atoms with Crippen LogP contribution in [0.5, 0.6) is 0 Å². The van der Waals surface area contributed by atoms with Crippen molar-refractivity contribution in [2.75, 3.05) is 10.1 Å². The Morgan fingerprint density at radius 3 is 1.82 bits per heavy atom. The van der Waals surface area contributed by atoms with Gasteiger partial charge in [0.25, 0.3) is 0 Å². The number of hydrogen-bond acceptors (Lipinski definition) is 4.